The van der Waals surface area contributed by atoms with Crippen LogP contribution in [0.5, 0.6) is 5.75 Å². The number of ether oxygens (including phenoxy) is 1. The number of furan rings is 1. The SMILES string of the molecule is CCOc1ccc2oc(C(=O)N/N=C/c3cc(C)n(-c4ccc(N(C)C)cc4)c3C)cc2c1. The second-order valence-corrected chi connectivity index (χ2v) is 8.02. The summed E-state index contributed by atoms with van der Waals surface area (Å²) in [5.41, 5.74) is 8.44. The molecule has 0 fully saturated rings. The van der Waals surface area contributed by atoms with Gasteiger partial charge in [0.1, 0.15) is 11.3 Å². The first-order valence-corrected chi connectivity index (χ1v) is 10.8. The summed E-state index contributed by atoms with van der Waals surface area (Å²) in [6, 6.07) is 17.6. The van der Waals surface area contributed by atoms with Crippen molar-refractivity contribution in [1.82, 2.24) is 9.99 Å². The number of amides is 1. The molecule has 1 amide bonds. The maximum Gasteiger partial charge on any atom is 0.307 e. The van der Waals surface area contributed by atoms with Crippen molar-refractivity contribution < 1.29 is 13.9 Å². The van der Waals surface area contributed by atoms with E-state index in [0.717, 1.165) is 39.5 Å². The molecule has 1 N–H and O–H groups in total. The van der Waals surface area contributed by atoms with E-state index in [0.29, 0.717) is 12.2 Å². The van der Waals surface area contributed by atoms with Crippen molar-refractivity contribution in [2.24, 2.45) is 5.10 Å². The fourth-order valence-electron chi connectivity index (χ4n) is 3.82. The van der Waals surface area contributed by atoms with E-state index in [1.54, 1.807) is 18.3 Å². The Morgan fingerprint density at radius 1 is 1.12 bits per heavy atom. The van der Waals surface area contributed by atoms with Gasteiger partial charge in [-0.15, -0.1) is 0 Å². The smallest absolute Gasteiger partial charge is 0.307 e. The Bertz CT molecular complexity index is 1310. The number of carbonyl (C=O) groups excluding carboxylic acids is 1. The first-order valence-electron chi connectivity index (χ1n) is 10.8. The van der Waals surface area contributed by atoms with Crippen molar-refractivity contribution in [3.8, 4) is 11.4 Å². The molecule has 7 nitrogen and oxygen atoms in total. The highest BCUT2D eigenvalue weighted by Gasteiger charge is 2.13. The summed E-state index contributed by atoms with van der Waals surface area (Å²) in [6.45, 7) is 6.58. The molecule has 0 aliphatic carbocycles. The monoisotopic (exact) mass is 444 g/mol. The van der Waals surface area contributed by atoms with Crippen LogP contribution in [0.3, 0.4) is 0 Å². The number of hydrogen-bond donors (Lipinski definition) is 1. The molecule has 0 unspecified atom stereocenters. The van der Waals surface area contributed by atoms with E-state index in [-0.39, 0.29) is 5.76 Å². The van der Waals surface area contributed by atoms with Gasteiger partial charge in [0.15, 0.2) is 5.76 Å². The van der Waals surface area contributed by atoms with Crippen LogP contribution in [0.2, 0.25) is 0 Å². The fourth-order valence-corrected chi connectivity index (χ4v) is 3.82. The Morgan fingerprint density at radius 2 is 1.88 bits per heavy atom. The first-order chi connectivity index (χ1) is 15.9. The zero-order valence-electron chi connectivity index (χ0n) is 19.5. The Kier molecular flexibility index (Phi) is 6.22. The normalized spacial score (nSPS) is 11.3. The van der Waals surface area contributed by atoms with Crippen LogP contribution in [0.25, 0.3) is 16.7 Å². The number of hydrogen-bond acceptors (Lipinski definition) is 5. The lowest BCUT2D eigenvalue weighted by Gasteiger charge is -2.14. The van der Waals surface area contributed by atoms with Gasteiger partial charge in [0.25, 0.3) is 0 Å². The van der Waals surface area contributed by atoms with Crippen molar-refractivity contribution in [2.45, 2.75) is 20.8 Å². The highest BCUT2D eigenvalue weighted by Crippen LogP contribution is 2.25. The molecule has 2 heterocycles. The molecule has 2 aromatic carbocycles. The molecule has 7 heteroatoms. The van der Waals surface area contributed by atoms with E-state index in [2.05, 4.69) is 44.3 Å². The van der Waals surface area contributed by atoms with Crippen molar-refractivity contribution in [3.63, 3.8) is 0 Å². The number of aromatic nitrogens is 1. The Balaban J connectivity index is 1.49. The number of carbonyl (C=O) groups is 1. The molecule has 0 aliphatic rings. The van der Waals surface area contributed by atoms with Gasteiger partial charge in [-0.2, -0.15) is 5.10 Å². The predicted molar refractivity (Wildman–Crippen MR) is 132 cm³/mol. The first kappa shape index (κ1) is 22.2. The third-order valence-corrected chi connectivity index (χ3v) is 5.49. The lowest BCUT2D eigenvalue weighted by atomic mass is 10.2. The van der Waals surface area contributed by atoms with Crippen LogP contribution in [-0.2, 0) is 0 Å². The minimum Gasteiger partial charge on any atom is -0.494 e. The van der Waals surface area contributed by atoms with Crippen LogP contribution in [0.1, 0.15) is 34.4 Å². The molecule has 4 rings (SSSR count). The van der Waals surface area contributed by atoms with Crippen LogP contribution in [-0.4, -0.2) is 37.4 Å². The molecular formula is C26H28N4O3. The van der Waals surface area contributed by atoms with Crippen molar-refractivity contribution in [3.05, 3.63) is 77.3 Å². The molecule has 0 bridgehead atoms. The van der Waals surface area contributed by atoms with Crippen molar-refractivity contribution in [2.75, 3.05) is 25.6 Å². The molecular weight excluding hydrogens is 416 g/mol. The molecule has 0 spiro atoms. The maximum atomic E-state index is 12.5. The largest absolute Gasteiger partial charge is 0.494 e. The van der Waals surface area contributed by atoms with Crippen molar-refractivity contribution >= 4 is 28.8 Å². The van der Waals surface area contributed by atoms with Gasteiger partial charge < -0.3 is 18.6 Å². The van der Waals surface area contributed by atoms with Crippen LogP contribution < -0.4 is 15.1 Å². The number of hydrazone groups is 1. The highest BCUT2D eigenvalue weighted by molar-refractivity contribution is 5.97. The van der Waals surface area contributed by atoms with E-state index in [4.69, 9.17) is 9.15 Å². The summed E-state index contributed by atoms with van der Waals surface area (Å²) >= 11 is 0. The van der Waals surface area contributed by atoms with Crippen molar-refractivity contribution in [1.29, 1.82) is 0 Å². The highest BCUT2D eigenvalue weighted by atomic mass is 16.5. The van der Waals surface area contributed by atoms with Gasteiger partial charge in [-0.05, 0) is 75.4 Å². The summed E-state index contributed by atoms with van der Waals surface area (Å²) in [6.07, 6.45) is 1.65. The molecule has 0 aliphatic heterocycles. The summed E-state index contributed by atoms with van der Waals surface area (Å²) in [7, 11) is 4.04. The fraction of sp³-hybridized carbons (Fsp3) is 0.231. The van der Waals surface area contributed by atoms with Gasteiger partial charge in [0.2, 0.25) is 0 Å². The average Bonchev–Trinajstić information content (AvgIpc) is 3.34. The zero-order valence-corrected chi connectivity index (χ0v) is 19.5. The number of rotatable bonds is 7. The van der Waals surface area contributed by atoms with Crippen LogP contribution in [0.15, 0.2) is 64.1 Å². The summed E-state index contributed by atoms with van der Waals surface area (Å²) < 4.78 is 13.3. The van der Waals surface area contributed by atoms with E-state index < -0.39 is 5.91 Å². The summed E-state index contributed by atoms with van der Waals surface area (Å²) in [4.78, 5) is 14.6. The Hall–Kier alpha value is -4.00. The maximum absolute atomic E-state index is 12.5. The van der Waals surface area contributed by atoms with E-state index in [1.807, 2.05) is 53.1 Å². The molecule has 0 radical (unpaired) electrons. The standard InChI is InChI=1S/C26H28N4O3/c1-6-32-23-11-12-24-19(14-23)15-25(33-24)26(31)28-27-16-20-13-17(2)30(18(20)3)22-9-7-21(8-10-22)29(4)5/h7-16H,6H2,1-5H3,(H,28,31)/b27-16+. The van der Waals surface area contributed by atoms with Gasteiger partial charge >= 0.3 is 5.91 Å². The molecule has 2 aromatic heterocycles. The van der Waals surface area contributed by atoms with E-state index in [1.165, 1.54) is 0 Å². The number of nitrogens with zero attached hydrogens (tertiary/aromatic N) is 3. The lowest BCUT2D eigenvalue weighted by Crippen LogP contribution is -2.16. The number of benzene rings is 2. The van der Waals surface area contributed by atoms with Gasteiger partial charge in [-0.1, -0.05) is 0 Å². The lowest BCUT2D eigenvalue weighted by molar-refractivity contribution is 0.0929. The minimum atomic E-state index is -0.409. The summed E-state index contributed by atoms with van der Waals surface area (Å²) in [5.74, 6) is 0.526. The number of fused-ring (bicyclic) bond motifs is 1. The summed E-state index contributed by atoms with van der Waals surface area (Å²) in [5, 5.41) is 4.96. The van der Waals surface area contributed by atoms with Crippen LogP contribution >= 0.6 is 0 Å². The second kappa shape index (κ2) is 9.24. The molecule has 0 atom stereocenters. The topological polar surface area (TPSA) is 72.0 Å². The predicted octanol–water partition coefficient (Wildman–Crippen LogP) is 5.07. The zero-order chi connectivity index (χ0) is 23.5. The third-order valence-electron chi connectivity index (χ3n) is 5.49. The number of nitrogens with one attached hydrogen (secondary N) is 1. The average molecular weight is 445 g/mol. The minimum absolute atomic E-state index is 0.197. The van der Waals surface area contributed by atoms with Gasteiger partial charge in [0.05, 0.1) is 12.8 Å². The van der Waals surface area contributed by atoms with Gasteiger partial charge in [0, 0.05) is 47.8 Å². The quantitative estimate of drug-likeness (QED) is 0.319. The van der Waals surface area contributed by atoms with Crippen LogP contribution in [0, 0.1) is 13.8 Å². The Morgan fingerprint density at radius 3 is 2.58 bits per heavy atom. The molecule has 4 aromatic rings. The number of anilines is 1. The van der Waals surface area contributed by atoms with Gasteiger partial charge in [-0.3, -0.25) is 4.79 Å². The number of aryl methyl sites for hydroxylation is 1. The Labute approximate surface area is 193 Å². The van der Waals surface area contributed by atoms with E-state index >= 15 is 0 Å². The van der Waals surface area contributed by atoms with Crippen LogP contribution in [0.4, 0.5) is 5.69 Å². The molecule has 0 saturated carbocycles. The van der Waals surface area contributed by atoms with E-state index in [9.17, 15) is 4.79 Å². The molecule has 0 saturated heterocycles. The molecule has 33 heavy (non-hydrogen) atoms. The third kappa shape index (κ3) is 4.62. The van der Waals surface area contributed by atoms with Gasteiger partial charge in [-0.25, -0.2) is 5.43 Å². The molecule has 170 valence electrons. The second-order valence-electron chi connectivity index (χ2n) is 8.02.